The van der Waals surface area contributed by atoms with Crippen molar-refractivity contribution in [1.82, 2.24) is 4.98 Å². The van der Waals surface area contributed by atoms with Crippen LogP contribution in [0.2, 0.25) is 10.0 Å². The molecule has 3 aromatic carbocycles. The molecule has 2 N–H and O–H groups in total. The minimum atomic E-state index is -0.378. The molecular formula is C26H21Cl2N3O2S2. The topological polar surface area (TPSA) is 71.1 Å². The lowest BCUT2D eigenvalue weighted by Crippen LogP contribution is -2.22. The molecule has 0 bridgehead atoms. The number of thioether (sulfide) groups is 1. The highest BCUT2D eigenvalue weighted by atomic mass is 35.5. The van der Waals surface area contributed by atoms with Gasteiger partial charge in [0.05, 0.1) is 22.4 Å². The smallest absolute Gasteiger partial charge is 0.239 e. The summed E-state index contributed by atoms with van der Waals surface area (Å²) in [6.07, 6.45) is 0.300. The van der Waals surface area contributed by atoms with Crippen LogP contribution < -0.4 is 10.6 Å². The zero-order chi connectivity index (χ0) is 24.8. The monoisotopic (exact) mass is 541 g/mol. The molecule has 1 atom stereocenters. The number of carbonyl (C=O) groups is 2. The molecule has 0 aliphatic carbocycles. The van der Waals surface area contributed by atoms with Crippen LogP contribution in [0.5, 0.6) is 0 Å². The van der Waals surface area contributed by atoms with Gasteiger partial charge in [0.15, 0.2) is 5.13 Å². The van der Waals surface area contributed by atoms with Crippen LogP contribution in [0.4, 0.5) is 10.8 Å². The van der Waals surface area contributed by atoms with E-state index in [1.807, 2.05) is 66.9 Å². The number of nitrogens with one attached hydrogen (secondary N) is 2. The fraction of sp³-hybridized carbons (Fsp3) is 0.115. The Morgan fingerprint density at radius 2 is 1.80 bits per heavy atom. The van der Waals surface area contributed by atoms with Gasteiger partial charge in [-0.15, -0.1) is 23.1 Å². The van der Waals surface area contributed by atoms with E-state index in [2.05, 4.69) is 15.6 Å². The Morgan fingerprint density at radius 3 is 2.57 bits per heavy atom. The second-order valence-electron chi connectivity index (χ2n) is 7.65. The summed E-state index contributed by atoms with van der Waals surface area (Å²) in [5, 5.41) is 8.79. The first-order valence-electron chi connectivity index (χ1n) is 10.7. The summed E-state index contributed by atoms with van der Waals surface area (Å²) in [7, 11) is 0. The van der Waals surface area contributed by atoms with Gasteiger partial charge in [0.1, 0.15) is 0 Å². The minimum absolute atomic E-state index is 0.0930. The molecule has 0 aliphatic heterocycles. The fourth-order valence-corrected chi connectivity index (χ4v) is 5.40. The van der Waals surface area contributed by atoms with Gasteiger partial charge < -0.3 is 10.6 Å². The van der Waals surface area contributed by atoms with Crippen LogP contribution in [0.25, 0.3) is 11.3 Å². The lowest BCUT2D eigenvalue weighted by molar-refractivity contribution is -0.116. The molecule has 2 amide bonds. The number of thiazole rings is 1. The first-order chi connectivity index (χ1) is 16.9. The van der Waals surface area contributed by atoms with Gasteiger partial charge in [-0.05, 0) is 48.9 Å². The van der Waals surface area contributed by atoms with Crippen molar-refractivity contribution < 1.29 is 9.59 Å². The summed E-state index contributed by atoms with van der Waals surface area (Å²) in [5.41, 5.74) is 3.06. The Kier molecular flexibility index (Phi) is 8.46. The van der Waals surface area contributed by atoms with Crippen LogP contribution >= 0.6 is 46.3 Å². The van der Waals surface area contributed by atoms with Crippen molar-refractivity contribution >= 4 is 68.9 Å². The number of nitrogens with zero attached hydrogens (tertiary/aromatic N) is 1. The number of anilines is 2. The Bertz CT molecular complexity index is 1350. The average molecular weight is 543 g/mol. The van der Waals surface area contributed by atoms with Crippen LogP contribution in [0.15, 0.2) is 83.1 Å². The van der Waals surface area contributed by atoms with E-state index in [0.717, 1.165) is 16.0 Å². The molecule has 0 radical (unpaired) electrons. The van der Waals surface area contributed by atoms with E-state index < -0.39 is 0 Å². The number of rotatable bonds is 8. The van der Waals surface area contributed by atoms with Crippen LogP contribution in [0, 0.1) is 0 Å². The van der Waals surface area contributed by atoms with Crippen LogP contribution in [0.3, 0.4) is 0 Å². The molecule has 5 nitrogen and oxygen atoms in total. The second kappa shape index (κ2) is 11.7. The Morgan fingerprint density at radius 1 is 1.00 bits per heavy atom. The van der Waals surface area contributed by atoms with Crippen LogP contribution in [-0.2, 0) is 16.0 Å². The molecule has 9 heteroatoms. The van der Waals surface area contributed by atoms with Crippen LogP contribution in [-0.4, -0.2) is 22.0 Å². The molecule has 0 fully saturated rings. The molecule has 0 saturated carbocycles. The van der Waals surface area contributed by atoms with Crippen molar-refractivity contribution in [3.63, 3.8) is 0 Å². The zero-order valence-corrected chi connectivity index (χ0v) is 21.8. The van der Waals surface area contributed by atoms with E-state index in [9.17, 15) is 9.59 Å². The minimum Gasteiger partial charge on any atom is -0.326 e. The van der Waals surface area contributed by atoms with Gasteiger partial charge in [-0.25, -0.2) is 4.98 Å². The lowest BCUT2D eigenvalue weighted by Gasteiger charge is -2.12. The van der Waals surface area contributed by atoms with E-state index in [4.69, 9.17) is 23.2 Å². The maximum atomic E-state index is 12.8. The highest BCUT2D eigenvalue weighted by Crippen LogP contribution is 2.33. The van der Waals surface area contributed by atoms with Gasteiger partial charge in [0, 0.05) is 26.5 Å². The van der Waals surface area contributed by atoms with E-state index in [-0.39, 0.29) is 17.1 Å². The molecule has 35 heavy (non-hydrogen) atoms. The average Bonchev–Trinajstić information content (AvgIpc) is 3.28. The molecule has 1 unspecified atom stereocenters. The summed E-state index contributed by atoms with van der Waals surface area (Å²) >= 11 is 15.0. The number of hydrogen-bond acceptors (Lipinski definition) is 5. The Labute approximate surface area is 221 Å². The molecule has 0 spiro atoms. The van der Waals surface area contributed by atoms with E-state index in [1.165, 1.54) is 23.1 Å². The zero-order valence-electron chi connectivity index (χ0n) is 18.6. The first-order valence-corrected chi connectivity index (χ1v) is 13.2. The normalized spacial score (nSPS) is 11.6. The van der Waals surface area contributed by atoms with Crippen LogP contribution in [0.1, 0.15) is 12.5 Å². The fourth-order valence-electron chi connectivity index (χ4n) is 3.25. The highest BCUT2D eigenvalue weighted by Gasteiger charge is 2.17. The van der Waals surface area contributed by atoms with Gasteiger partial charge in [-0.1, -0.05) is 59.6 Å². The van der Waals surface area contributed by atoms with Crippen molar-refractivity contribution in [3.8, 4) is 11.3 Å². The van der Waals surface area contributed by atoms with Crippen molar-refractivity contribution in [2.45, 2.75) is 23.5 Å². The first kappa shape index (κ1) is 25.3. The van der Waals surface area contributed by atoms with Gasteiger partial charge in [-0.2, -0.15) is 0 Å². The Balaban J connectivity index is 1.34. The number of hydrogen-bond donors (Lipinski definition) is 2. The number of aromatic nitrogens is 1. The third-order valence-corrected chi connectivity index (χ3v) is 7.35. The molecule has 4 aromatic rings. The van der Waals surface area contributed by atoms with Crippen molar-refractivity contribution in [3.05, 3.63) is 93.8 Å². The van der Waals surface area contributed by atoms with Gasteiger partial charge in [0.25, 0.3) is 0 Å². The van der Waals surface area contributed by atoms with Gasteiger partial charge in [0.2, 0.25) is 11.8 Å². The molecule has 1 heterocycles. The SMILES string of the molecule is CC(Sc1cccc(NC(=O)Cc2ccccc2)c1)C(=O)Nc1nc(-c2ccc(Cl)cc2Cl)cs1. The largest absolute Gasteiger partial charge is 0.326 e. The number of carbonyl (C=O) groups excluding carboxylic acids is 2. The Hall–Kier alpha value is -2.84. The highest BCUT2D eigenvalue weighted by molar-refractivity contribution is 8.00. The van der Waals surface area contributed by atoms with E-state index in [1.54, 1.807) is 18.2 Å². The summed E-state index contributed by atoms with van der Waals surface area (Å²) in [4.78, 5) is 30.5. The van der Waals surface area contributed by atoms with E-state index in [0.29, 0.717) is 33.0 Å². The summed E-state index contributed by atoms with van der Waals surface area (Å²) in [5.74, 6) is -0.263. The summed E-state index contributed by atoms with van der Waals surface area (Å²) in [6.45, 7) is 1.82. The van der Waals surface area contributed by atoms with Crippen molar-refractivity contribution in [1.29, 1.82) is 0 Å². The third-order valence-electron chi connectivity index (χ3n) is 4.95. The molecule has 0 saturated heterocycles. The maximum absolute atomic E-state index is 12.8. The van der Waals surface area contributed by atoms with E-state index >= 15 is 0 Å². The number of benzene rings is 3. The number of amides is 2. The van der Waals surface area contributed by atoms with Crippen molar-refractivity contribution in [2.75, 3.05) is 10.6 Å². The maximum Gasteiger partial charge on any atom is 0.239 e. The van der Waals surface area contributed by atoms with Gasteiger partial charge >= 0.3 is 0 Å². The molecule has 0 aliphatic rings. The second-order valence-corrected chi connectivity index (χ2v) is 10.8. The summed E-state index contributed by atoms with van der Waals surface area (Å²) < 4.78 is 0. The predicted molar refractivity (Wildman–Crippen MR) is 147 cm³/mol. The lowest BCUT2D eigenvalue weighted by atomic mass is 10.1. The third kappa shape index (κ3) is 7.08. The standard InChI is InChI=1S/C26H21Cl2N3O2S2/c1-16(25(33)31-26-30-23(15-34-26)21-11-10-18(27)13-22(21)28)35-20-9-5-8-19(14-20)29-24(32)12-17-6-3-2-4-7-17/h2-11,13-16H,12H2,1H3,(H,29,32)(H,30,31,33). The number of halogens is 2. The molecule has 178 valence electrons. The summed E-state index contributed by atoms with van der Waals surface area (Å²) in [6, 6.07) is 22.2. The predicted octanol–water partition coefficient (Wildman–Crippen LogP) is 7.42. The molecular weight excluding hydrogens is 521 g/mol. The van der Waals surface area contributed by atoms with Gasteiger partial charge in [-0.3, -0.25) is 9.59 Å². The van der Waals surface area contributed by atoms with Crippen molar-refractivity contribution in [2.24, 2.45) is 0 Å². The molecule has 4 rings (SSSR count). The quantitative estimate of drug-likeness (QED) is 0.227. The molecule has 1 aromatic heterocycles.